The number of aromatic nitrogens is 3. The van der Waals surface area contributed by atoms with Crippen LogP contribution < -0.4 is 0 Å². The molecule has 1 aromatic carbocycles. The standard InChI is InChI=1S/C11H9Cl2N3O3/c12-6-1-2-7(8(13)3-6)10(17)9(11(18)19)16-5-14-4-15-16/h1-5,9-10,17H,(H,18,19). The summed E-state index contributed by atoms with van der Waals surface area (Å²) in [5.41, 5.74) is 0.258. The molecule has 6 nitrogen and oxygen atoms in total. The fourth-order valence-corrected chi connectivity index (χ4v) is 2.19. The quantitative estimate of drug-likeness (QED) is 0.901. The first-order valence-electron chi connectivity index (χ1n) is 5.20. The van der Waals surface area contributed by atoms with E-state index in [0.717, 1.165) is 4.68 Å². The van der Waals surface area contributed by atoms with E-state index in [4.69, 9.17) is 23.2 Å². The molecule has 100 valence electrons. The van der Waals surface area contributed by atoms with Crippen molar-refractivity contribution in [1.29, 1.82) is 0 Å². The Hall–Kier alpha value is -1.63. The summed E-state index contributed by atoms with van der Waals surface area (Å²) >= 11 is 11.7. The summed E-state index contributed by atoms with van der Waals surface area (Å²) in [6.45, 7) is 0. The fraction of sp³-hybridized carbons (Fsp3) is 0.182. The van der Waals surface area contributed by atoms with Crippen molar-refractivity contribution in [3.63, 3.8) is 0 Å². The molecule has 8 heteroatoms. The summed E-state index contributed by atoms with van der Waals surface area (Å²) in [6, 6.07) is 3.11. The molecule has 0 fully saturated rings. The molecule has 19 heavy (non-hydrogen) atoms. The van der Waals surface area contributed by atoms with Crippen molar-refractivity contribution in [1.82, 2.24) is 14.8 Å². The lowest BCUT2D eigenvalue weighted by Gasteiger charge is -2.20. The second-order valence-electron chi connectivity index (χ2n) is 3.77. The minimum atomic E-state index is -1.37. The number of aliphatic hydroxyl groups is 1. The van der Waals surface area contributed by atoms with Gasteiger partial charge in [0.05, 0.1) is 0 Å². The van der Waals surface area contributed by atoms with E-state index in [9.17, 15) is 15.0 Å². The maximum atomic E-state index is 11.3. The monoisotopic (exact) mass is 301 g/mol. The largest absolute Gasteiger partial charge is 0.480 e. The number of benzene rings is 1. The Labute approximate surface area is 118 Å². The molecule has 0 aliphatic rings. The van der Waals surface area contributed by atoms with Crippen LogP contribution in [-0.2, 0) is 4.79 Å². The maximum absolute atomic E-state index is 11.3. The first kappa shape index (κ1) is 13.8. The van der Waals surface area contributed by atoms with Gasteiger partial charge < -0.3 is 10.2 Å². The van der Waals surface area contributed by atoms with Crippen molar-refractivity contribution >= 4 is 29.2 Å². The molecule has 2 rings (SSSR count). The number of hydrogen-bond acceptors (Lipinski definition) is 4. The first-order chi connectivity index (χ1) is 9.00. The lowest BCUT2D eigenvalue weighted by Crippen LogP contribution is -2.26. The van der Waals surface area contributed by atoms with Crippen LogP contribution in [0.5, 0.6) is 0 Å². The number of rotatable bonds is 4. The predicted molar refractivity (Wildman–Crippen MR) is 68.1 cm³/mol. The topological polar surface area (TPSA) is 88.2 Å². The van der Waals surface area contributed by atoms with Crippen LogP contribution in [0.1, 0.15) is 17.7 Å². The zero-order chi connectivity index (χ0) is 14.0. The molecule has 0 radical (unpaired) electrons. The molecule has 0 spiro atoms. The molecule has 0 aliphatic carbocycles. The molecule has 2 aromatic rings. The lowest BCUT2D eigenvalue weighted by atomic mass is 10.0. The van der Waals surface area contributed by atoms with E-state index in [2.05, 4.69) is 10.1 Å². The number of aliphatic hydroxyl groups excluding tert-OH is 1. The minimum absolute atomic E-state index is 0.186. The van der Waals surface area contributed by atoms with Crippen molar-refractivity contribution < 1.29 is 15.0 Å². The molecule has 0 bridgehead atoms. The fourth-order valence-electron chi connectivity index (χ4n) is 1.67. The van der Waals surface area contributed by atoms with Gasteiger partial charge in [-0.15, -0.1) is 0 Å². The molecular formula is C11H9Cl2N3O3. The van der Waals surface area contributed by atoms with E-state index in [1.165, 1.54) is 30.9 Å². The third-order valence-electron chi connectivity index (χ3n) is 2.55. The van der Waals surface area contributed by atoms with E-state index in [0.29, 0.717) is 5.02 Å². The highest BCUT2D eigenvalue weighted by atomic mass is 35.5. The maximum Gasteiger partial charge on any atom is 0.331 e. The third kappa shape index (κ3) is 2.86. The van der Waals surface area contributed by atoms with Gasteiger partial charge in [-0.2, -0.15) is 5.10 Å². The highest BCUT2D eigenvalue weighted by Crippen LogP contribution is 2.32. The van der Waals surface area contributed by atoms with Crippen molar-refractivity contribution in [2.45, 2.75) is 12.1 Å². The number of hydrogen-bond donors (Lipinski definition) is 2. The Morgan fingerprint density at radius 1 is 1.37 bits per heavy atom. The van der Waals surface area contributed by atoms with Gasteiger partial charge in [-0.25, -0.2) is 14.5 Å². The molecule has 0 saturated carbocycles. The Kier molecular flexibility index (Phi) is 4.04. The van der Waals surface area contributed by atoms with Crippen molar-refractivity contribution in [3.05, 3.63) is 46.5 Å². The minimum Gasteiger partial charge on any atom is -0.480 e. The van der Waals surface area contributed by atoms with Gasteiger partial charge in [-0.1, -0.05) is 29.3 Å². The zero-order valence-corrected chi connectivity index (χ0v) is 11.0. The third-order valence-corrected chi connectivity index (χ3v) is 3.12. The van der Waals surface area contributed by atoms with Crippen molar-refractivity contribution in [2.75, 3.05) is 0 Å². The first-order valence-corrected chi connectivity index (χ1v) is 5.96. The van der Waals surface area contributed by atoms with E-state index in [-0.39, 0.29) is 10.6 Å². The molecule has 2 atom stereocenters. The number of carboxylic acid groups (broad SMARTS) is 1. The SMILES string of the molecule is O=C(O)C(C(O)c1ccc(Cl)cc1Cl)n1cncn1. The molecule has 1 aromatic heterocycles. The van der Waals surface area contributed by atoms with E-state index in [1.807, 2.05) is 0 Å². The zero-order valence-electron chi connectivity index (χ0n) is 9.44. The molecular weight excluding hydrogens is 293 g/mol. The van der Waals surface area contributed by atoms with E-state index < -0.39 is 18.1 Å². The summed E-state index contributed by atoms with van der Waals surface area (Å²) in [6.07, 6.45) is 1.03. The summed E-state index contributed by atoms with van der Waals surface area (Å²) in [4.78, 5) is 14.9. The Balaban J connectivity index is 2.40. The predicted octanol–water partition coefficient (Wildman–Crippen LogP) is 1.94. The summed E-state index contributed by atoms with van der Waals surface area (Å²) in [5.74, 6) is -1.25. The van der Waals surface area contributed by atoms with Crippen LogP contribution in [-0.4, -0.2) is 30.9 Å². The van der Waals surface area contributed by atoms with Crippen molar-refractivity contribution in [3.8, 4) is 0 Å². The van der Waals surface area contributed by atoms with Gasteiger partial charge in [0.15, 0.2) is 6.04 Å². The van der Waals surface area contributed by atoms with Crippen LogP contribution in [0.3, 0.4) is 0 Å². The normalized spacial score (nSPS) is 14.1. The smallest absolute Gasteiger partial charge is 0.331 e. The Bertz CT molecular complexity index is 589. The summed E-state index contributed by atoms with van der Waals surface area (Å²) in [5, 5.41) is 23.7. The van der Waals surface area contributed by atoms with E-state index in [1.54, 1.807) is 0 Å². The summed E-state index contributed by atoms with van der Waals surface area (Å²) in [7, 11) is 0. The molecule has 2 unspecified atom stereocenters. The number of carbonyl (C=O) groups is 1. The van der Waals surface area contributed by atoms with Crippen LogP contribution in [0.4, 0.5) is 0 Å². The highest BCUT2D eigenvalue weighted by molar-refractivity contribution is 6.35. The van der Waals surface area contributed by atoms with Crippen LogP contribution in [0, 0.1) is 0 Å². The number of nitrogens with zero attached hydrogens (tertiary/aromatic N) is 3. The Morgan fingerprint density at radius 3 is 2.63 bits per heavy atom. The van der Waals surface area contributed by atoms with Crippen molar-refractivity contribution in [2.24, 2.45) is 0 Å². The second kappa shape index (κ2) is 5.56. The molecule has 0 saturated heterocycles. The average molecular weight is 302 g/mol. The number of halogens is 2. The highest BCUT2D eigenvalue weighted by Gasteiger charge is 2.31. The molecule has 0 amide bonds. The Morgan fingerprint density at radius 2 is 2.11 bits per heavy atom. The van der Waals surface area contributed by atoms with Gasteiger partial charge in [0.1, 0.15) is 18.8 Å². The van der Waals surface area contributed by atoms with Gasteiger partial charge in [0, 0.05) is 15.6 Å². The van der Waals surface area contributed by atoms with E-state index >= 15 is 0 Å². The molecule has 0 aliphatic heterocycles. The van der Waals surface area contributed by atoms with Gasteiger partial charge in [0.2, 0.25) is 0 Å². The molecule has 2 N–H and O–H groups in total. The van der Waals surface area contributed by atoms with Gasteiger partial charge in [-0.05, 0) is 12.1 Å². The molecule has 1 heterocycles. The van der Waals surface area contributed by atoms with Gasteiger partial charge in [0.25, 0.3) is 0 Å². The lowest BCUT2D eigenvalue weighted by molar-refractivity contribution is -0.145. The number of aliphatic carboxylic acids is 1. The van der Waals surface area contributed by atoms with Crippen LogP contribution >= 0.6 is 23.2 Å². The van der Waals surface area contributed by atoms with Crippen LogP contribution in [0.15, 0.2) is 30.9 Å². The van der Waals surface area contributed by atoms with Gasteiger partial charge in [-0.3, -0.25) is 0 Å². The second-order valence-corrected chi connectivity index (χ2v) is 4.61. The number of carboxylic acids is 1. The summed E-state index contributed by atoms with van der Waals surface area (Å²) < 4.78 is 1.05. The van der Waals surface area contributed by atoms with Crippen LogP contribution in [0.2, 0.25) is 10.0 Å². The average Bonchev–Trinajstić information content (AvgIpc) is 2.81. The van der Waals surface area contributed by atoms with Crippen LogP contribution in [0.25, 0.3) is 0 Å². The van der Waals surface area contributed by atoms with Gasteiger partial charge >= 0.3 is 5.97 Å².